The number of aryl methyl sites for hydroxylation is 1. The molecule has 5 rings (SSSR count). The zero-order chi connectivity index (χ0) is 32.1. The van der Waals surface area contributed by atoms with Crippen LogP contribution in [0, 0.1) is 18.8 Å². The van der Waals surface area contributed by atoms with E-state index in [0.29, 0.717) is 30.4 Å². The number of halogens is 1. The third-order valence-electron chi connectivity index (χ3n) is 8.49. The molecule has 2 aromatic heterocycles. The average Bonchev–Trinajstić information content (AvgIpc) is 3.65. The number of methoxy groups -OCH3 is 2. The molecule has 238 valence electrons. The molecule has 2 aromatic carbocycles. The van der Waals surface area contributed by atoms with Gasteiger partial charge in [-0.2, -0.15) is 0 Å². The maximum atomic E-state index is 12.5. The fraction of sp³-hybridized carbons (Fsp3) is 0.353. The Morgan fingerprint density at radius 2 is 1.76 bits per heavy atom. The summed E-state index contributed by atoms with van der Waals surface area (Å²) in [7, 11) is -0.827. The highest BCUT2D eigenvalue weighted by Crippen LogP contribution is 2.39. The predicted molar refractivity (Wildman–Crippen MR) is 172 cm³/mol. The second-order valence-corrected chi connectivity index (χ2v) is 13.7. The van der Waals surface area contributed by atoms with Gasteiger partial charge in [0.25, 0.3) is 10.0 Å². The number of hydrogen-bond donors (Lipinski definition) is 2. The molecule has 9 nitrogen and oxygen atoms in total. The molecular weight excluding hydrogens is 614 g/mol. The molecule has 1 amide bonds. The number of fused-ring (bicyclic) bond motifs is 1. The standard InChI is InChI=1S/C34H38ClN3O6S/c1-22-30(43-2)17-27(18-31(22)44-3)34(40)28(16-24-14-25-6-4-5-7-26(25)15-24)21-38-13-12-23(20-38)8-11-33(39)37-45(41,42)29-9-10-32(35)36-19-29/h4-7,9-10,12-13,17-20,24,28,34,40H,8,11,14-16,21H2,1-3H3,(H,37,39)/t28-,34-/m1/s1. The molecule has 0 spiro atoms. The molecule has 0 fully saturated rings. The zero-order valence-corrected chi connectivity index (χ0v) is 27.1. The lowest BCUT2D eigenvalue weighted by atomic mass is 9.85. The van der Waals surface area contributed by atoms with Gasteiger partial charge in [0, 0.05) is 43.0 Å². The third kappa shape index (κ3) is 7.87. The molecule has 0 unspecified atom stereocenters. The van der Waals surface area contributed by atoms with Gasteiger partial charge in [-0.1, -0.05) is 35.9 Å². The van der Waals surface area contributed by atoms with Crippen LogP contribution in [0.25, 0.3) is 0 Å². The van der Waals surface area contributed by atoms with Crippen molar-refractivity contribution in [1.29, 1.82) is 0 Å². The van der Waals surface area contributed by atoms with Crippen LogP contribution < -0.4 is 14.2 Å². The van der Waals surface area contributed by atoms with Crippen molar-refractivity contribution in [3.63, 3.8) is 0 Å². The van der Waals surface area contributed by atoms with Gasteiger partial charge < -0.3 is 19.1 Å². The van der Waals surface area contributed by atoms with Gasteiger partial charge in [0.1, 0.15) is 21.5 Å². The molecule has 2 atom stereocenters. The molecule has 45 heavy (non-hydrogen) atoms. The first-order valence-electron chi connectivity index (χ1n) is 14.9. The number of aliphatic hydroxyl groups excluding tert-OH is 1. The summed E-state index contributed by atoms with van der Waals surface area (Å²) in [5, 5.41) is 12.0. The monoisotopic (exact) mass is 651 g/mol. The summed E-state index contributed by atoms with van der Waals surface area (Å²) in [5.74, 6) is 0.975. The number of amides is 1. The van der Waals surface area contributed by atoms with E-state index in [4.69, 9.17) is 21.1 Å². The molecule has 0 radical (unpaired) electrons. The van der Waals surface area contributed by atoms with Gasteiger partial charge in [0.05, 0.1) is 20.3 Å². The van der Waals surface area contributed by atoms with E-state index in [1.807, 2.05) is 42.1 Å². The second-order valence-electron chi connectivity index (χ2n) is 11.6. The summed E-state index contributed by atoms with van der Waals surface area (Å²) >= 11 is 5.74. The predicted octanol–water partition coefficient (Wildman–Crippen LogP) is 5.45. The van der Waals surface area contributed by atoms with E-state index in [-0.39, 0.29) is 22.4 Å². The van der Waals surface area contributed by atoms with Gasteiger partial charge in [-0.05, 0) is 91.1 Å². The summed E-state index contributed by atoms with van der Waals surface area (Å²) in [6, 6.07) is 16.8. The fourth-order valence-corrected chi connectivity index (χ4v) is 7.23. The Labute approximate surface area is 269 Å². The average molecular weight is 652 g/mol. The van der Waals surface area contributed by atoms with Crippen LogP contribution in [0.2, 0.25) is 5.15 Å². The number of hydrogen-bond acceptors (Lipinski definition) is 7. The van der Waals surface area contributed by atoms with Crippen molar-refractivity contribution in [2.75, 3.05) is 14.2 Å². The van der Waals surface area contributed by atoms with Crippen molar-refractivity contribution < 1.29 is 27.8 Å². The third-order valence-corrected chi connectivity index (χ3v) is 10.1. The first-order chi connectivity index (χ1) is 21.6. The van der Waals surface area contributed by atoms with Crippen molar-refractivity contribution in [2.45, 2.75) is 56.6 Å². The molecule has 0 saturated carbocycles. The maximum absolute atomic E-state index is 12.5. The number of ether oxygens (including phenoxy) is 2. The topological polar surface area (TPSA) is 120 Å². The van der Waals surface area contributed by atoms with Crippen molar-refractivity contribution in [2.24, 2.45) is 11.8 Å². The number of rotatable bonds is 13. The highest BCUT2D eigenvalue weighted by molar-refractivity contribution is 7.90. The van der Waals surface area contributed by atoms with Crippen molar-refractivity contribution in [1.82, 2.24) is 14.3 Å². The minimum absolute atomic E-state index is 0.0143. The minimum Gasteiger partial charge on any atom is -0.496 e. The Morgan fingerprint density at radius 3 is 2.36 bits per heavy atom. The zero-order valence-electron chi connectivity index (χ0n) is 25.6. The van der Waals surface area contributed by atoms with E-state index in [1.54, 1.807) is 14.2 Å². The van der Waals surface area contributed by atoms with Crippen LogP contribution in [0.5, 0.6) is 11.5 Å². The smallest absolute Gasteiger partial charge is 0.265 e. The normalized spacial score (nSPS) is 14.5. The van der Waals surface area contributed by atoms with Gasteiger partial charge in [-0.15, -0.1) is 0 Å². The number of pyridine rings is 1. The summed E-state index contributed by atoms with van der Waals surface area (Å²) in [6.07, 6.45) is 7.30. The number of carbonyl (C=O) groups is 1. The lowest BCUT2D eigenvalue weighted by molar-refractivity contribution is -0.119. The van der Waals surface area contributed by atoms with Crippen molar-refractivity contribution in [3.8, 4) is 11.5 Å². The van der Waals surface area contributed by atoms with Gasteiger partial charge in [-0.25, -0.2) is 18.1 Å². The number of aliphatic hydroxyl groups is 1. The number of aromatic nitrogens is 2. The molecule has 4 aromatic rings. The van der Waals surface area contributed by atoms with Crippen LogP contribution in [-0.2, 0) is 40.6 Å². The molecule has 0 saturated heterocycles. The first kappa shape index (κ1) is 32.5. The molecule has 11 heteroatoms. The lowest BCUT2D eigenvalue weighted by Gasteiger charge is -2.27. The van der Waals surface area contributed by atoms with E-state index >= 15 is 0 Å². The van der Waals surface area contributed by atoms with E-state index in [2.05, 4.69) is 34.0 Å². The van der Waals surface area contributed by atoms with Gasteiger partial charge in [0.2, 0.25) is 5.91 Å². The summed E-state index contributed by atoms with van der Waals surface area (Å²) in [6.45, 7) is 2.48. The van der Waals surface area contributed by atoms with Crippen LogP contribution in [0.4, 0.5) is 0 Å². The molecule has 0 bridgehead atoms. The SMILES string of the molecule is COc1cc([C@@H](O)[C@H](CC2Cc3ccccc3C2)Cn2ccc(CCC(=O)NS(=O)(=O)c3ccc(Cl)nc3)c2)cc(OC)c1C. The fourth-order valence-electron chi connectivity index (χ4n) is 6.16. The molecule has 0 aliphatic heterocycles. The Morgan fingerprint density at radius 1 is 1.09 bits per heavy atom. The summed E-state index contributed by atoms with van der Waals surface area (Å²) < 4.78 is 40.4. The van der Waals surface area contributed by atoms with Gasteiger partial charge in [-0.3, -0.25) is 4.79 Å². The Kier molecular flexibility index (Phi) is 10.2. The number of benzene rings is 2. The second kappa shape index (κ2) is 14.1. The summed E-state index contributed by atoms with van der Waals surface area (Å²) in [4.78, 5) is 16.2. The van der Waals surface area contributed by atoms with Gasteiger partial charge in [0.15, 0.2) is 0 Å². The molecule has 2 N–H and O–H groups in total. The molecule has 1 aliphatic rings. The van der Waals surface area contributed by atoms with E-state index in [0.717, 1.165) is 42.1 Å². The highest BCUT2D eigenvalue weighted by Gasteiger charge is 2.30. The number of sulfonamides is 1. The van der Waals surface area contributed by atoms with Crippen molar-refractivity contribution in [3.05, 3.63) is 106 Å². The Balaban J connectivity index is 1.28. The number of nitrogens with zero attached hydrogens (tertiary/aromatic N) is 2. The van der Waals surface area contributed by atoms with Crippen LogP contribution >= 0.6 is 11.6 Å². The first-order valence-corrected chi connectivity index (χ1v) is 16.7. The van der Waals surface area contributed by atoms with E-state index < -0.39 is 22.0 Å². The number of nitrogens with one attached hydrogen (secondary N) is 1. The Hall–Kier alpha value is -3.86. The molecule has 2 heterocycles. The largest absolute Gasteiger partial charge is 0.496 e. The summed E-state index contributed by atoms with van der Waals surface area (Å²) in [5.41, 5.74) is 5.22. The van der Waals surface area contributed by atoms with Crippen LogP contribution in [0.3, 0.4) is 0 Å². The minimum atomic E-state index is -4.04. The van der Waals surface area contributed by atoms with Crippen LogP contribution in [-0.4, -0.2) is 43.2 Å². The van der Waals surface area contributed by atoms with Crippen LogP contribution in [0.1, 0.15) is 46.8 Å². The van der Waals surface area contributed by atoms with Gasteiger partial charge >= 0.3 is 0 Å². The van der Waals surface area contributed by atoms with Crippen LogP contribution in [0.15, 0.2) is 78.1 Å². The quantitative estimate of drug-likeness (QED) is 0.184. The maximum Gasteiger partial charge on any atom is 0.265 e. The van der Waals surface area contributed by atoms with E-state index in [9.17, 15) is 18.3 Å². The highest BCUT2D eigenvalue weighted by atomic mass is 35.5. The van der Waals surface area contributed by atoms with E-state index in [1.165, 1.54) is 23.3 Å². The lowest BCUT2D eigenvalue weighted by Crippen LogP contribution is -2.30. The van der Waals surface area contributed by atoms with Crippen molar-refractivity contribution >= 4 is 27.5 Å². The Bertz CT molecular complexity index is 1710. The molecule has 1 aliphatic carbocycles. The number of carbonyl (C=O) groups excluding carboxylic acids is 1. The molecular formula is C34H38ClN3O6S.